The van der Waals surface area contributed by atoms with E-state index in [1.165, 1.54) is 4.90 Å². The fourth-order valence-electron chi connectivity index (χ4n) is 6.93. The summed E-state index contributed by atoms with van der Waals surface area (Å²) in [6.07, 6.45) is 8.79. The third-order valence-electron chi connectivity index (χ3n) is 7.89. The van der Waals surface area contributed by atoms with E-state index in [4.69, 9.17) is 9.47 Å². The van der Waals surface area contributed by atoms with Gasteiger partial charge in [-0.15, -0.1) is 0 Å². The normalized spacial score (nSPS) is 36.2. The zero-order valence-electron chi connectivity index (χ0n) is 22.0. The van der Waals surface area contributed by atoms with Crippen LogP contribution < -0.4 is 0 Å². The van der Waals surface area contributed by atoms with E-state index in [0.717, 1.165) is 6.42 Å². The van der Waals surface area contributed by atoms with Gasteiger partial charge < -0.3 is 24.4 Å². The Morgan fingerprint density at radius 3 is 2.40 bits per heavy atom. The molecule has 0 aromatic heterocycles. The molecule has 35 heavy (non-hydrogen) atoms. The number of rotatable bonds is 4. The zero-order chi connectivity index (χ0) is 26.0. The Morgan fingerprint density at radius 2 is 1.77 bits per heavy atom. The largest absolute Gasteiger partial charge is 0.465 e. The van der Waals surface area contributed by atoms with Crippen LogP contribution in [0.2, 0.25) is 0 Å². The first kappa shape index (κ1) is 25.9. The van der Waals surface area contributed by atoms with Crippen LogP contribution >= 0.6 is 0 Å². The van der Waals surface area contributed by atoms with E-state index in [1.54, 1.807) is 13.8 Å². The van der Waals surface area contributed by atoms with Crippen LogP contribution in [-0.4, -0.2) is 81.3 Å². The third kappa shape index (κ3) is 4.02. The Balaban J connectivity index is 1.87. The number of amides is 2. The monoisotopic (exact) mass is 488 g/mol. The lowest BCUT2D eigenvalue weighted by molar-refractivity contribution is -0.163. The van der Waals surface area contributed by atoms with Crippen molar-refractivity contribution in [2.45, 2.75) is 90.1 Å². The second-order valence-electron chi connectivity index (χ2n) is 12.5. The number of aliphatic hydroxyl groups excluding tert-OH is 1. The highest BCUT2D eigenvalue weighted by Crippen LogP contribution is 2.57. The lowest BCUT2D eigenvalue weighted by atomic mass is 9.74. The molecule has 2 amide bonds. The van der Waals surface area contributed by atoms with Crippen molar-refractivity contribution in [2.75, 3.05) is 19.8 Å². The van der Waals surface area contributed by atoms with Gasteiger partial charge in [0.05, 0.1) is 30.8 Å². The molecule has 0 aliphatic carbocycles. The molecular formula is C27H40N2O6. The maximum atomic E-state index is 14.4. The molecule has 6 atom stereocenters. The maximum Gasteiger partial charge on any atom is 0.313 e. The lowest BCUT2D eigenvalue weighted by Gasteiger charge is -2.45. The van der Waals surface area contributed by atoms with Crippen LogP contribution in [0, 0.1) is 17.3 Å². The van der Waals surface area contributed by atoms with Crippen LogP contribution in [-0.2, 0) is 23.9 Å². The van der Waals surface area contributed by atoms with E-state index in [2.05, 4.69) is 20.8 Å². The number of esters is 1. The van der Waals surface area contributed by atoms with Gasteiger partial charge >= 0.3 is 5.97 Å². The smallest absolute Gasteiger partial charge is 0.313 e. The molecule has 4 rings (SSSR count). The van der Waals surface area contributed by atoms with Gasteiger partial charge in [0.15, 0.2) is 0 Å². The highest BCUT2D eigenvalue weighted by molar-refractivity contribution is 5.99. The Morgan fingerprint density at radius 1 is 1.09 bits per heavy atom. The van der Waals surface area contributed by atoms with Crippen molar-refractivity contribution in [3.63, 3.8) is 0 Å². The van der Waals surface area contributed by atoms with E-state index >= 15 is 0 Å². The number of carbonyl (C=O) groups excluding carboxylic acids is 3. The molecule has 1 spiro atoms. The Labute approximate surface area is 208 Å². The van der Waals surface area contributed by atoms with Gasteiger partial charge in [0, 0.05) is 12.1 Å². The summed E-state index contributed by atoms with van der Waals surface area (Å²) in [5.74, 6) is -2.89. The molecule has 2 fully saturated rings. The maximum absolute atomic E-state index is 14.4. The van der Waals surface area contributed by atoms with Crippen LogP contribution in [0.1, 0.15) is 61.3 Å². The number of nitrogens with zero attached hydrogens (tertiary/aromatic N) is 2. The van der Waals surface area contributed by atoms with Crippen molar-refractivity contribution in [1.82, 2.24) is 9.80 Å². The number of hydrogen-bond acceptors (Lipinski definition) is 6. The van der Waals surface area contributed by atoms with Crippen molar-refractivity contribution < 1.29 is 29.0 Å². The summed E-state index contributed by atoms with van der Waals surface area (Å²) >= 11 is 0. The first-order valence-corrected chi connectivity index (χ1v) is 12.7. The van der Waals surface area contributed by atoms with Crippen LogP contribution in [0.4, 0.5) is 0 Å². The molecule has 1 unspecified atom stereocenters. The average molecular weight is 489 g/mol. The van der Waals surface area contributed by atoms with Gasteiger partial charge in [-0.1, -0.05) is 45.1 Å². The second kappa shape index (κ2) is 8.44. The lowest BCUT2D eigenvalue weighted by Crippen LogP contribution is -2.61. The van der Waals surface area contributed by atoms with Gasteiger partial charge in [0.2, 0.25) is 11.8 Å². The molecule has 0 saturated carbocycles. The van der Waals surface area contributed by atoms with Gasteiger partial charge in [-0.25, -0.2) is 0 Å². The standard InChI is InChI=1S/C27H40N2O6/c1-17(15-30)29-20-22(32)28(25(5,6)16-24(2,3)4)13-10-12-27(20)18(21(29)31)19-23(33)34-14-9-8-11-26(19,7)35-27/h8,10-12,17-20,30H,9,13-16H2,1-7H3/t17-,18+,19+,20?,26-,27+/m1/s1. The molecule has 0 radical (unpaired) electrons. The van der Waals surface area contributed by atoms with Gasteiger partial charge in [0.1, 0.15) is 17.6 Å². The van der Waals surface area contributed by atoms with E-state index in [1.807, 2.05) is 43.1 Å². The predicted molar refractivity (Wildman–Crippen MR) is 130 cm³/mol. The minimum Gasteiger partial charge on any atom is -0.465 e. The number of cyclic esters (lactones) is 1. The van der Waals surface area contributed by atoms with Gasteiger partial charge in [-0.2, -0.15) is 0 Å². The summed E-state index contributed by atoms with van der Waals surface area (Å²) in [5, 5.41) is 10.0. The molecule has 2 saturated heterocycles. The van der Waals surface area contributed by atoms with Crippen LogP contribution in [0.3, 0.4) is 0 Å². The number of carbonyl (C=O) groups is 3. The number of aliphatic hydroxyl groups is 1. The fourth-order valence-corrected chi connectivity index (χ4v) is 6.93. The highest BCUT2D eigenvalue weighted by atomic mass is 16.6. The first-order chi connectivity index (χ1) is 16.2. The molecule has 4 aliphatic rings. The summed E-state index contributed by atoms with van der Waals surface area (Å²) in [4.78, 5) is 44.9. The quantitative estimate of drug-likeness (QED) is 0.482. The number of hydrogen-bond donors (Lipinski definition) is 1. The van der Waals surface area contributed by atoms with Crippen molar-refractivity contribution in [3.05, 3.63) is 24.3 Å². The van der Waals surface area contributed by atoms with Gasteiger partial charge in [-0.05, 0) is 46.0 Å². The van der Waals surface area contributed by atoms with Crippen LogP contribution in [0.5, 0.6) is 0 Å². The second-order valence-corrected chi connectivity index (χ2v) is 12.5. The van der Waals surface area contributed by atoms with Crippen molar-refractivity contribution in [2.24, 2.45) is 17.3 Å². The van der Waals surface area contributed by atoms with Crippen molar-refractivity contribution in [3.8, 4) is 0 Å². The Kier molecular flexibility index (Phi) is 6.24. The van der Waals surface area contributed by atoms with E-state index in [0.29, 0.717) is 13.0 Å². The number of fused-ring (bicyclic) bond motifs is 2. The average Bonchev–Trinajstić information content (AvgIpc) is 3.05. The minimum atomic E-state index is -1.34. The molecule has 0 aromatic carbocycles. The summed E-state index contributed by atoms with van der Waals surface area (Å²) < 4.78 is 12.2. The highest BCUT2D eigenvalue weighted by Gasteiger charge is 2.75. The predicted octanol–water partition coefficient (Wildman–Crippen LogP) is 2.45. The van der Waals surface area contributed by atoms with E-state index in [-0.39, 0.29) is 30.4 Å². The third-order valence-corrected chi connectivity index (χ3v) is 7.89. The van der Waals surface area contributed by atoms with Crippen molar-refractivity contribution in [1.29, 1.82) is 0 Å². The molecule has 194 valence electrons. The zero-order valence-corrected chi connectivity index (χ0v) is 22.0. The summed E-state index contributed by atoms with van der Waals surface area (Å²) in [6, 6.07) is -1.61. The first-order valence-electron chi connectivity index (χ1n) is 12.7. The number of likely N-dealkylation sites (tertiary alicyclic amines) is 1. The Bertz CT molecular complexity index is 965. The van der Waals surface area contributed by atoms with Crippen LogP contribution in [0.25, 0.3) is 0 Å². The summed E-state index contributed by atoms with van der Waals surface area (Å²) in [5.41, 5.74) is -2.95. The molecule has 0 aromatic rings. The minimum absolute atomic E-state index is 0.0269. The number of ether oxygens (including phenoxy) is 2. The molecule has 0 bridgehead atoms. The van der Waals surface area contributed by atoms with Gasteiger partial charge in [-0.3, -0.25) is 14.4 Å². The SMILES string of the molecule is C[C@H](CO)N1C(=O)[C@@H]2[C@H]3C(=O)OCCC=C[C@@]3(C)O[C@@]23C=CCN(C(C)(C)CC(C)(C)C)C(=O)C13. The molecule has 4 aliphatic heterocycles. The van der Waals surface area contributed by atoms with Gasteiger partial charge in [0.25, 0.3) is 0 Å². The van der Waals surface area contributed by atoms with Crippen molar-refractivity contribution >= 4 is 17.8 Å². The summed E-state index contributed by atoms with van der Waals surface area (Å²) in [7, 11) is 0. The van der Waals surface area contributed by atoms with E-state index < -0.39 is 46.6 Å². The summed E-state index contributed by atoms with van der Waals surface area (Å²) in [6.45, 7) is 14.3. The van der Waals surface area contributed by atoms with Crippen LogP contribution in [0.15, 0.2) is 24.3 Å². The topological polar surface area (TPSA) is 96.4 Å². The fraction of sp³-hybridized carbons (Fsp3) is 0.741. The molecule has 4 heterocycles. The molecule has 8 nitrogen and oxygen atoms in total. The van der Waals surface area contributed by atoms with E-state index in [9.17, 15) is 19.5 Å². The Hall–Kier alpha value is -2.19. The molecule has 8 heteroatoms. The molecular weight excluding hydrogens is 448 g/mol. The molecule has 1 N–H and O–H groups in total.